The summed E-state index contributed by atoms with van der Waals surface area (Å²) < 4.78 is 0. The third-order valence-electron chi connectivity index (χ3n) is 2.64. The van der Waals surface area contributed by atoms with E-state index in [-0.39, 0.29) is 5.41 Å². The first-order valence-corrected chi connectivity index (χ1v) is 8.43. The molecule has 3 heteroatoms. The van der Waals surface area contributed by atoms with E-state index in [9.17, 15) is 0 Å². The van der Waals surface area contributed by atoms with Gasteiger partial charge in [-0.15, -0.1) is 11.3 Å². The number of hydrogen-bond acceptors (Lipinski definition) is 3. The maximum Gasteiger partial charge on any atom is 0.0299 e. The molecule has 0 aliphatic carbocycles. The average molecular weight is 271 g/mol. The summed E-state index contributed by atoms with van der Waals surface area (Å²) in [4.78, 5) is 2.93. The summed E-state index contributed by atoms with van der Waals surface area (Å²) in [5.74, 6) is 2.00. The van der Waals surface area contributed by atoms with E-state index in [1.165, 1.54) is 15.5 Å². The second kappa shape index (κ2) is 6.81. The normalized spacial score (nSPS) is 13.9. The minimum Gasteiger partial charge on any atom is -0.312 e. The van der Waals surface area contributed by atoms with Crippen molar-refractivity contribution in [3.05, 3.63) is 21.9 Å². The van der Waals surface area contributed by atoms with Crippen LogP contribution in [0.3, 0.4) is 0 Å². The maximum atomic E-state index is 3.55. The lowest BCUT2D eigenvalue weighted by molar-refractivity contribution is 0.562. The fraction of sp³-hybridized carbons (Fsp3) is 0.714. The van der Waals surface area contributed by atoms with Crippen molar-refractivity contribution in [1.29, 1.82) is 0 Å². The Hall–Kier alpha value is 0.01000. The van der Waals surface area contributed by atoms with E-state index in [0.717, 1.165) is 19.0 Å². The van der Waals surface area contributed by atoms with Crippen molar-refractivity contribution in [2.45, 2.75) is 39.7 Å². The molecule has 0 radical (unpaired) electrons. The summed E-state index contributed by atoms with van der Waals surface area (Å²) in [6.45, 7) is 11.3. The molecule has 0 aliphatic rings. The van der Waals surface area contributed by atoms with E-state index in [1.54, 1.807) is 0 Å². The third-order valence-corrected chi connectivity index (χ3v) is 5.06. The Kier molecular flexibility index (Phi) is 6.04. The van der Waals surface area contributed by atoms with Crippen molar-refractivity contribution in [2.24, 2.45) is 5.92 Å². The van der Waals surface area contributed by atoms with Gasteiger partial charge in [0, 0.05) is 16.3 Å². The lowest BCUT2D eigenvalue weighted by Gasteiger charge is -2.15. The summed E-state index contributed by atoms with van der Waals surface area (Å²) in [6, 6.07) is 4.53. The number of thiophene rings is 1. The van der Waals surface area contributed by atoms with Gasteiger partial charge in [0.2, 0.25) is 0 Å². The molecule has 1 heterocycles. The van der Waals surface area contributed by atoms with Gasteiger partial charge in [-0.1, -0.05) is 27.7 Å². The molecule has 1 aromatic rings. The van der Waals surface area contributed by atoms with Crippen molar-refractivity contribution in [3.8, 4) is 0 Å². The van der Waals surface area contributed by atoms with Gasteiger partial charge in [0.05, 0.1) is 0 Å². The largest absolute Gasteiger partial charge is 0.312 e. The molecule has 0 saturated carbocycles. The Morgan fingerprint density at radius 2 is 2.06 bits per heavy atom. The highest BCUT2D eigenvalue weighted by atomic mass is 32.2. The molecular formula is C14H25NS2. The lowest BCUT2D eigenvalue weighted by Crippen LogP contribution is -2.21. The molecule has 0 saturated heterocycles. The molecule has 1 unspecified atom stereocenters. The molecule has 0 bridgehead atoms. The van der Waals surface area contributed by atoms with Gasteiger partial charge >= 0.3 is 0 Å². The Labute approximate surface area is 114 Å². The van der Waals surface area contributed by atoms with Crippen LogP contribution >= 0.6 is 23.1 Å². The first-order valence-electron chi connectivity index (χ1n) is 6.22. The average Bonchev–Trinajstić information content (AvgIpc) is 2.66. The van der Waals surface area contributed by atoms with E-state index in [4.69, 9.17) is 0 Å². The molecule has 0 amide bonds. The van der Waals surface area contributed by atoms with E-state index in [1.807, 2.05) is 23.1 Å². The molecule has 17 heavy (non-hydrogen) atoms. The van der Waals surface area contributed by atoms with Gasteiger partial charge in [-0.25, -0.2) is 0 Å². The van der Waals surface area contributed by atoms with Gasteiger partial charge in [-0.3, -0.25) is 0 Å². The summed E-state index contributed by atoms with van der Waals surface area (Å²) >= 11 is 3.86. The van der Waals surface area contributed by atoms with Crippen molar-refractivity contribution in [2.75, 3.05) is 18.6 Å². The van der Waals surface area contributed by atoms with Crippen LogP contribution in [0, 0.1) is 5.92 Å². The van der Waals surface area contributed by atoms with Crippen molar-refractivity contribution in [1.82, 2.24) is 5.32 Å². The lowest BCUT2D eigenvalue weighted by atomic mass is 9.95. The maximum absolute atomic E-state index is 3.55. The predicted octanol–water partition coefficient (Wildman–Crippen LogP) is 4.13. The first kappa shape index (κ1) is 15.1. The third kappa shape index (κ3) is 5.45. The molecule has 0 fully saturated rings. The Bertz CT molecular complexity index is 325. The van der Waals surface area contributed by atoms with Crippen LogP contribution in [0.5, 0.6) is 0 Å². The molecule has 1 atom stereocenters. The molecule has 1 rings (SSSR count). The van der Waals surface area contributed by atoms with Gasteiger partial charge in [-0.2, -0.15) is 11.8 Å². The van der Waals surface area contributed by atoms with E-state index >= 15 is 0 Å². The zero-order chi connectivity index (χ0) is 12.9. The van der Waals surface area contributed by atoms with Crippen LogP contribution < -0.4 is 5.32 Å². The Balaban J connectivity index is 2.35. The van der Waals surface area contributed by atoms with Crippen LogP contribution in [0.1, 0.15) is 37.4 Å². The topological polar surface area (TPSA) is 12.0 Å². The number of hydrogen-bond donors (Lipinski definition) is 1. The Morgan fingerprint density at radius 1 is 1.35 bits per heavy atom. The Morgan fingerprint density at radius 3 is 2.59 bits per heavy atom. The van der Waals surface area contributed by atoms with Crippen LogP contribution in [0.25, 0.3) is 0 Å². The molecule has 0 aromatic carbocycles. The van der Waals surface area contributed by atoms with Crippen LogP contribution in [0.2, 0.25) is 0 Å². The monoisotopic (exact) mass is 271 g/mol. The zero-order valence-electron chi connectivity index (χ0n) is 11.7. The van der Waals surface area contributed by atoms with Crippen LogP contribution in [0.4, 0.5) is 0 Å². The number of rotatable bonds is 6. The minimum absolute atomic E-state index is 0.287. The summed E-state index contributed by atoms with van der Waals surface area (Å²) in [5.41, 5.74) is 0.287. The van der Waals surface area contributed by atoms with Gasteiger partial charge in [0.1, 0.15) is 0 Å². The van der Waals surface area contributed by atoms with Gasteiger partial charge in [0.25, 0.3) is 0 Å². The van der Waals surface area contributed by atoms with E-state index < -0.39 is 0 Å². The van der Waals surface area contributed by atoms with Crippen molar-refractivity contribution in [3.63, 3.8) is 0 Å². The quantitative estimate of drug-likeness (QED) is 0.835. The van der Waals surface area contributed by atoms with Gasteiger partial charge in [0.15, 0.2) is 0 Å². The molecule has 0 aliphatic heterocycles. The minimum atomic E-state index is 0.287. The molecule has 1 nitrogen and oxygen atoms in total. The zero-order valence-corrected chi connectivity index (χ0v) is 13.3. The van der Waals surface area contributed by atoms with Crippen LogP contribution in [-0.2, 0) is 12.0 Å². The highest BCUT2D eigenvalue weighted by Crippen LogP contribution is 2.29. The predicted molar refractivity (Wildman–Crippen MR) is 82.3 cm³/mol. The smallest absolute Gasteiger partial charge is 0.0299 e. The molecule has 1 N–H and O–H groups in total. The summed E-state index contributed by atoms with van der Waals surface area (Å²) in [6.07, 6.45) is 2.17. The molecular weight excluding hydrogens is 246 g/mol. The standard InChI is InChI=1S/C14H25NS2/c1-11(10-16-5)8-15-9-12-6-7-13(17-12)14(2,3)4/h6-7,11,15H,8-10H2,1-5H3. The van der Waals surface area contributed by atoms with Crippen LogP contribution in [-0.4, -0.2) is 18.6 Å². The molecule has 1 aromatic heterocycles. The molecule has 98 valence electrons. The van der Waals surface area contributed by atoms with Gasteiger partial charge in [-0.05, 0) is 42.0 Å². The van der Waals surface area contributed by atoms with Crippen molar-refractivity contribution < 1.29 is 0 Å². The number of nitrogens with one attached hydrogen (secondary N) is 1. The van der Waals surface area contributed by atoms with Gasteiger partial charge < -0.3 is 5.32 Å². The highest BCUT2D eigenvalue weighted by molar-refractivity contribution is 7.98. The van der Waals surface area contributed by atoms with Crippen LogP contribution in [0.15, 0.2) is 12.1 Å². The van der Waals surface area contributed by atoms with E-state index in [0.29, 0.717) is 0 Å². The summed E-state index contributed by atoms with van der Waals surface area (Å²) in [5, 5.41) is 3.55. The second-order valence-electron chi connectivity index (χ2n) is 5.71. The summed E-state index contributed by atoms with van der Waals surface area (Å²) in [7, 11) is 0. The SMILES string of the molecule is CSCC(C)CNCc1ccc(C(C)(C)C)s1. The highest BCUT2D eigenvalue weighted by Gasteiger charge is 2.15. The second-order valence-corrected chi connectivity index (χ2v) is 7.79. The molecule has 0 spiro atoms. The fourth-order valence-electron chi connectivity index (χ4n) is 1.66. The van der Waals surface area contributed by atoms with E-state index in [2.05, 4.69) is 51.4 Å². The van der Waals surface area contributed by atoms with Crippen molar-refractivity contribution >= 4 is 23.1 Å². The number of thioether (sulfide) groups is 1. The first-order chi connectivity index (χ1) is 7.93. The fourth-order valence-corrected chi connectivity index (χ4v) is 3.38.